The molecule has 2 aromatic heterocycles. The van der Waals surface area contributed by atoms with Gasteiger partial charge < -0.3 is 9.31 Å². The van der Waals surface area contributed by atoms with Crippen molar-refractivity contribution in [1.29, 1.82) is 0 Å². The van der Waals surface area contributed by atoms with Gasteiger partial charge in [0.1, 0.15) is 0 Å². The number of hydrogen-bond acceptors (Lipinski definition) is 4. The van der Waals surface area contributed by atoms with Crippen molar-refractivity contribution in [2.24, 2.45) is 0 Å². The van der Waals surface area contributed by atoms with E-state index < -0.39 is 18.3 Å². The molecular weight excluding hydrogens is 335 g/mol. The maximum absolute atomic E-state index is 6.41. The SMILES string of the molecule is CC1(C)OB(c2c3ccccc3nc3c2ccc2cccnc23)OC1(C)C. The van der Waals surface area contributed by atoms with Crippen LogP contribution in [0.3, 0.4) is 0 Å². The molecule has 3 heterocycles. The van der Waals surface area contributed by atoms with Crippen LogP contribution in [0.2, 0.25) is 0 Å². The summed E-state index contributed by atoms with van der Waals surface area (Å²) in [5.41, 5.74) is 2.94. The quantitative estimate of drug-likeness (QED) is 0.291. The molecular formula is C22H21BN2O2. The van der Waals surface area contributed by atoms with E-state index in [4.69, 9.17) is 14.3 Å². The van der Waals surface area contributed by atoms with Crippen LogP contribution in [0.1, 0.15) is 27.7 Å². The molecule has 4 nitrogen and oxygen atoms in total. The van der Waals surface area contributed by atoms with E-state index in [9.17, 15) is 0 Å². The third-order valence-corrected chi connectivity index (χ3v) is 5.95. The fraction of sp³-hybridized carbons (Fsp3) is 0.273. The van der Waals surface area contributed by atoms with Gasteiger partial charge in [-0.05, 0) is 39.8 Å². The van der Waals surface area contributed by atoms with Crippen molar-refractivity contribution < 1.29 is 9.31 Å². The molecule has 0 aliphatic carbocycles. The van der Waals surface area contributed by atoms with Gasteiger partial charge in [-0.15, -0.1) is 0 Å². The van der Waals surface area contributed by atoms with E-state index in [-0.39, 0.29) is 0 Å². The second-order valence-corrected chi connectivity index (χ2v) is 8.17. The van der Waals surface area contributed by atoms with Crippen LogP contribution in [0, 0.1) is 0 Å². The summed E-state index contributed by atoms with van der Waals surface area (Å²) in [5.74, 6) is 0. The summed E-state index contributed by atoms with van der Waals surface area (Å²) in [4.78, 5) is 9.53. The summed E-state index contributed by atoms with van der Waals surface area (Å²) in [6.45, 7) is 8.32. The molecule has 2 aromatic carbocycles. The summed E-state index contributed by atoms with van der Waals surface area (Å²) in [7, 11) is -0.452. The normalized spacial score (nSPS) is 18.6. The number of fused-ring (bicyclic) bond motifs is 4. The standard InChI is InChI=1S/C22H21BN2O2/c1-21(2)22(3,4)27-23(26-21)18-15-9-5-6-10-17(15)25-20-16(18)12-11-14-8-7-13-24-19(14)20/h5-13H,1-4H3. The van der Waals surface area contributed by atoms with E-state index in [2.05, 4.69) is 56.9 Å². The molecule has 0 unspecified atom stereocenters. The van der Waals surface area contributed by atoms with E-state index in [0.29, 0.717) is 0 Å². The average Bonchev–Trinajstić information content (AvgIpc) is 2.86. The van der Waals surface area contributed by atoms with Crippen molar-refractivity contribution in [3.05, 3.63) is 54.7 Å². The van der Waals surface area contributed by atoms with Crippen molar-refractivity contribution >= 4 is 45.3 Å². The molecule has 1 saturated heterocycles. The molecule has 1 aliphatic heterocycles. The van der Waals surface area contributed by atoms with Crippen LogP contribution < -0.4 is 5.46 Å². The number of rotatable bonds is 1. The van der Waals surface area contributed by atoms with Gasteiger partial charge in [0, 0.05) is 27.8 Å². The van der Waals surface area contributed by atoms with Crippen molar-refractivity contribution in [2.75, 3.05) is 0 Å². The topological polar surface area (TPSA) is 44.2 Å². The highest BCUT2D eigenvalue weighted by Gasteiger charge is 2.52. The maximum atomic E-state index is 6.41. The average molecular weight is 356 g/mol. The fourth-order valence-electron chi connectivity index (χ4n) is 3.74. The van der Waals surface area contributed by atoms with E-state index in [1.165, 1.54) is 0 Å². The van der Waals surface area contributed by atoms with Crippen LogP contribution in [0.25, 0.3) is 32.7 Å². The molecule has 5 rings (SSSR count). The Morgan fingerprint density at radius 1 is 0.778 bits per heavy atom. The highest BCUT2D eigenvalue weighted by Crippen LogP contribution is 2.38. The van der Waals surface area contributed by atoms with Crippen molar-refractivity contribution in [2.45, 2.75) is 38.9 Å². The van der Waals surface area contributed by atoms with Crippen LogP contribution in [0.15, 0.2) is 54.7 Å². The summed E-state index contributed by atoms with van der Waals surface area (Å²) >= 11 is 0. The zero-order valence-corrected chi connectivity index (χ0v) is 16.0. The van der Waals surface area contributed by atoms with Crippen LogP contribution in [-0.2, 0) is 9.31 Å². The molecule has 0 saturated carbocycles. The lowest BCUT2D eigenvalue weighted by Gasteiger charge is -2.32. The Balaban J connectivity index is 1.88. The number of hydrogen-bond donors (Lipinski definition) is 0. The Labute approximate surface area is 158 Å². The van der Waals surface area contributed by atoms with Crippen LogP contribution in [0.4, 0.5) is 0 Å². The smallest absolute Gasteiger partial charge is 0.399 e. The second kappa shape index (κ2) is 5.50. The third kappa shape index (κ3) is 2.39. The molecule has 0 radical (unpaired) electrons. The molecule has 0 amide bonds. The van der Waals surface area contributed by atoms with Gasteiger partial charge in [0.05, 0.1) is 27.8 Å². The first-order valence-corrected chi connectivity index (χ1v) is 9.29. The highest BCUT2D eigenvalue weighted by atomic mass is 16.7. The van der Waals surface area contributed by atoms with Gasteiger partial charge in [-0.3, -0.25) is 4.98 Å². The number of benzene rings is 2. The Hall–Kier alpha value is -2.50. The fourth-order valence-corrected chi connectivity index (χ4v) is 3.74. The molecule has 1 aliphatic rings. The molecule has 27 heavy (non-hydrogen) atoms. The van der Waals surface area contributed by atoms with Crippen molar-refractivity contribution in [1.82, 2.24) is 9.97 Å². The van der Waals surface area contributed by atoms with Crippen molar-refractivity contribution in [3.8, 4) is 0 Å². The van der Waals surface area contributed by atoms with E-state index in [1.54, 1.807) is 0 Å². The predicted molar refractivity (Wildman–Crippen MR) is 110 cm³/mol. The first-order chi connectivity index (χ1) is 12.9. The van der Waals surface area contributed by atoms with Gasteiger partial charge in [0.2, 0.25) is 0 Å². The largest absolute Gasteiger partial charge is 0.496 e. The lowest BCUT2D eigenvalue weighted by atomic mass is 9.74. The van der Waals surface area contributed by atoms with Gasteiger partial charge in [0.25, 0.3) is 0 Å². The molecule has 0 N–H and O–H groups in total. The lowest BCUT2D eigenvalue weighted by molar-refractivity contribution is 0.00578. The Morgan fingerprint density at radius 2 is 1.52 bits per heavy atom. The van der Waals surface area contributed by atoms with Gasteiger partial charge in [-0.25, -0.2) is 4.98 Å². The zero-order chi connectivity index (χ0) is 18.8. The molecule has 134 valence electrons. The van der Waals surface area contributed by atoms with Crippen molar-refractivity contribution in [3.63, 3.8) is 0 Å². The number of pyridine rings is 2. The molecule has 5 heteroatoms. The minimum absolute atomic E-state index is 0.399. The maximum Gasteiger partial charge on any atom is 0.496 e. The summed E-state index contributed by atoms with van der Waals surface area (Å²) < 4.78 is 12.8. The monoisotopic (exact) mass is 356 g/mol. The number of nitrogens with zero attached hydrogens (tertiary/aromatic N) is 2. The molecule has 0 spiro atoms. The molecule has 0 bridgehead atoms. The Morgan fingerprint density at radius 3 is 2.30 bits per heavy atom. The van der Waals surface area contributed by atoms with E-state index >= 15 is 0 Å². The second-order valence-electron chi connectivity index (χ2n) is 8.17. The molecule has 1 fully saturated rings. The molecule has 0 atom stereocenters. The zero-order valence-electron chi connectivity index (χ0n) is 16.0. The summed E-state index contributed by atoms with van der Waals surface area (Å²) in [6.07, 6.45) is 1.81. The van der Waals surface area contributed by atoms with Gasteiger partial charge >= 0.3 is 7.12 Å². The number of para-hydroxylation sites is 1. The lowest BCUT2D eigenvalue weighted by Crippen LogP contribution is -2.41. The highest BCUT2D eigenvalue weighted by molar-refractivity contribution is 6.68. The predicted octanol–water partition coefficient (Wildman–Crippen LogP) is 4.24. The van der Waals surface area contributed by atoms with Gasteiger partial charge in [-0.2, -0.15) is 0 Å². The number of aromatic nitrogens is 2. The molecule has 4 aromatic rings. The third-order valence-electron chi connectivity index (χ3n) is 5.95. The van der Waals surface area contributed by atoms with E-state index in [1.807, 2.05) is 30.5 Å². The van der Waals surface area contributed by atoms with E-state index in [0.717, 1.165) is 38.2 Å². The minimum atomic E-state index is -0.452. The van der Waals surface area contributed by atoms with Crippen LogP contribution >= 0.6 is 0 Å². The first kappa shape index (κ1) is 16.7. The first-order valence-electron chi connectivity index (χ1n) is 9.29. The van der Waals surface area contributed by atoms with Gasteiger partial charge in [0.15, 0.2) is 0 Å². The summed E-state index contributed by atoms with van der Waals surface area (Å²) in [6, 6.07) is 16.4. The Bertz CT molecular complexity index is 1190. The van der Waals surface area contributed by atoms with Gasteiger partial charge in [-0.1, -0.05) is 36.4 Å². The minimum Gasteiger partial charge on any atom is -0.399 e. The van der Waals surface area contributed by atoms with Crippen LogP contribution in [0.5, 0.6) is 0 Å². The Kier molecular flexibility index (Phi) is 3.40. The summed E-state index contributed by atoms with van der Waals surface area (Å²) in [5, 5.41) is 3.16. The van der Waals surface area contributed by atoms with Crippen LogP contribution in [-0.4, -0.2) is 28.3 Å².